The summed E-state index contributed by atoms with van der Waals surface area (Å²) in [6, 6.07) is 3.28. The second-order valence-electron chi connectivity index (χ2n) is 4.82. The molecule has 0 fully saturated rings. The van der Waals surface area contributed by atoms with E-state index in [2.05, 4.69) is 10.3 Å². The number of aromatic nitrogens is 1. The van der Waals surface area contributed by atoms with Gasteiger partial charge in [-0.2, -0.15) is 0 Å². The molecule has 0 atom stereocenters. The van der Waals surface area contributed by atoms with Gasteiger partial charge in [0.25, 0.3) is 0 Å². The summed E-state index contributed by atoms with van der Waals surface area (Å²) in [7, 11) is 0. The van der Waals surface area contributed by atoms with Crippen LogP contribution in [-0.2, 0) is 9.53 Å². The number of pyridine rings is 1. The summed E-state index contributed by atoms with van der Waals surface area (Å²) in [6.07, 6.45) is 1.49. The van der Waals surface area contributed by atoms with E-state index in [1.165, 1.54) is 6.20 Å². The Morgan fingerprint density at radius 3 is 2.61 bits per heavy atom. The van der Waals surface area contributed by atoms with Crippen molar-refractivity contribution in [2.75, 3.05) is 11.9 Å². The van der Waals surface area contributed by atoms with Crippen LogP contribution < -0.4 is 5.32 Å². The van der Waals surface area contributed by atoms with Gasteiger partial charge in [0.2, 0.25) is 5.91 Å². The molecular formula is C13H18N2O3. The van der Waals surface area contributed by atoms with Crippen molar-refractivity contribution in [2.24, 2.45) is 5.41 Å². The average molecular weight is 250 g/mol. The predicted molar refractivity (Wildman–Crippen MR) is 68.3 cm³/mol. The van der Waals surface area contributed by atoms with Gasteiger partial charge in [0, 0.05) is 11.6 Å². The highest BCUT2D eigenvalue weighted by Gasteiger charge is 2.23. The Bertz CT molecular complexity index is 450. The van der Waals surface area contributed by atoms with E-state index in [0.717, 1.165) is 0 Å². The number of anilines is 1. The lowest BCUT2D eigenvalue weighted by Gasteiger charge is -2.18. The quantitative estimate of drug-likeness (QED) is 0.835. The normalized spacial score (nSPS) is 10.9. The summed E-state index contributed by atoms with van der Waals surface area (Å²) < 4.78 is 4.88. The van der Waals surface area contributed by atoms with Gasteiger partial charge in [-0.15, -0.1) is 0 Å². The van der Waals surface area contributed by atoms with Gasteiger partial charge in [-0.1, -0.05) is 20.8 Å². The Kier molecular flexibility index (Phi) is 4.42. The van der Waals surface area contributed by atoms with E-state index in [1.54, 1.807) is 39.8 Å². The van der Waals surface area contributed by atoms with E-state index in [-0.39, 0.29) is 18.2 Å². The van der Waals surface area contributed by atoms with Gasteiger partial charge in [0.05, 0.1) is 12.3 Å². The Labute approximate surface area is 107 Å². The molecule has 1 N–H and O–H groups in total. The van der Waals surface area contributed by atoms with E-state index in [0.29, 0.717) is 5.69 Å². The van der Waals surface area contributed by atoms with E-state index < -0.39 is 11.4 Å². The topological polar surface area (TPSA) is 68.3 Å². The number of esters is 1. The molecule has 1 amide bonds. The number of ether oxygens (including phenoxy) is 1. The van der Waals surface area contributed by atoms with Crippen LogP contribution in [0, 0.1) is 5.41 Å². The van der Waals surface area contributed by atoms with Crippen LogP contribution in [0.15, 0.2) is 18.3 Å². The first-order chi connectivity index (χ1) is 8.36. The van der Waals surface area contributed by atoms with Crippen LogP contribution in [0.2, 0.25) is 0 Å². The van der Waals surface area contributed by atoms with Crippen LogP contribution in [0.25, 0.3) is 0 Å². The van der Waals surface area contributed by atoms with Gasteiger partial charge in [-0.05, 0) is 19.1 Å². The first-order valence-electron chi connectivity index (χ1n) is 5.80. The van der Waals surface area contributed by atoms with E-state index in [4.69, 9.17) is 4.74 Å². The SMILES string of the molecule is CCOC(=O)c1ncccc1NC(=O)C(C)(C)C. The first-order valence-corrected chi connectivity index (χ1v) is 5.80. The Balaban J connectivity index is 2.96. The zero-order chi connectivity index (χ0) is 13.8. The highest BCUT2D eigenvalue weighted by atomic mass is 16.5. The van der Waals surface area contributed by atoms with Gasteiger partial charge in [0.15, 0.2) is 5.69 Å². The summed E-state index contributed by atoms with van der Waals surface area (Å²) >= 11 is 0. The largest absolute Gasteiger partial charge is 0.461 e. The lowest BCUT2D eigenvalue weighted by atomic mass is 9.95. The number of amides is 1. The van der Waals surface area contributed by atoms with Gasteiger partial charge in [-0.25, -0.2) is 9.78 Å². The molecule has 0 aliphatic rings. The van der Waals surface area contributed by atoms with E-state index in [9.17, 15) is 9.59 Å². The summed E-state index contributed by atoms with van der Waals surface area (Å²) in [5.41, 5.74) is -0.0466. The molecule has 1 heterocycles. The first kappa shape index (κ1) is 14.2. The van der Waals surface area contributed by atoms with Crippen LogP contribution in [-0.4, -0.2) is 23.5 Å². The zero-order valence-corrected chi connectivity index (χ0v) is 11.1. The summed E-state index contributed by atoms with van der Waals surface area (Å²) in [6.45, 7) is 7.37. The van der Waals surface area contributed by atoms with E-state index in [1.807, 2.05) is 0 Å². The number of carbonyl (C=O) groups excluding carboxylic acids is 2. The predicted octanol–water partition coefficient (Wildman–Crippen LogP) is 2.24. The highest BCUT2D eigenvalue weighted by Crippen LogP contribution is 2.19. The monoisotopic (exact) mass is 250 g/mol. The minimum Gasteiger partial charge on any atom is -0.461 e. The van der Waals surface area contributed by atoms with E-state index >= 15 is 0 Å². The smallest absolute Gasteiger partial charge is 0.359 e. The molecule has 18 heavy (non-hydrogen) atoms. The fraction of sp³-hybridized carbons (Fsp3) is 0.462. The molecule has 98 valence electrons. The summed E-state index contributed by atoms with van der Waals surface area (Å²) in [5.74, 6) is -0.719. The molecule has 0 aliphatic carbocycles. The van der Waals surface area contributed by atoms with Crippen molar-refractivity contribution >= 4 is 17.6 Å². The molecule has 0 spiro atoms. The van der Waals surface area contributed by atoms with Crippen molar-refractivity contribution in [3.63, 3.8) is 0 Å². The Morgan fingerprint density at radius 2 is 2.06 bits per heavy atom. The fourth-order valence-electron chi connectivity index (χ4n) is 1.18. The number of hydrogen-bond acceptors (Lipinski definition) is 4. The molecular weight excluding hydrogens is 232 g/mol. The average Bonchev–Trinajstić information content (AvgIpc) is 2.28. The Morgan fingerprint density at radius 1 is 1.39 bits per heavy atom. The fourth-order valence-corrected chi connectivity index (χ4v) is 1.18. The maximum atomic E-state index is 11.9. The molecule has 0 bridgehead atoms. The third-order valence-corrected chi connectivity index (χ3v) is 2.21. The van der Waals surface area contributed by atoms with Crippen LogP contribution in [0.4, 0.5) is 5.69 Å². The third-order valence-electron chi connectivity index (χ3n) is 2.21. The van der Waals surface area contributed by atoms with Crippen LogP contribution in [0.5, 0.6) is 0 Å². The molecule has 5 heteroatoms. The van der Waals surface area contributed by atoms with Crippen molar-refractivity contribution in [1.29, 1.82) is 0 Å². The second-order valence-corrected chi connectivity index (χ2v) is 4.82. The third kappa shape index (κ3) is 3.55. The van der Waals surface area contributed by atoms with Crippen LogP contribution >= 0.6 is 0 Å². The lowest BCUT2D eigenvalue weighted by molar-refractivity contribution is -0.123. The molecule has 1 aromatic rings. The molecule has 1 aromatic heterocycles. The van der Waals surface area contributed by atoms with Crippen molar-refractivity contribution in [2.45, 2.75) is 27.7 Å². The molecule has 0 unspecified atom stereocenters. The molecule has 5 nitrogen and oxygen atoms in total. The number of rotatable bonds is 3. The molecule has 0 radical (unpaired) electrons. The van der Waals surface area contributed by atoms with Crippen molar-refractivity contribution in [1.82, 2.24) is 4.98 Å². The molecule has 0 aromatic carbocycles. The van der Waals surface area contributed by atoms with Gasteiger partial charge in [0.1, 0.15) is 0 Å². The second kappa shape index (κ2) is 5.62. The van der Waals surface area contributed by atoms with Gasteiger partial charge < -0.3 is 10.1 Å². The van der Waals surface area contributed by atoms with Gasteiger partial charge >= 0.3 is 5.97 Å². The van der Waals surface area contributed by atoms with Crippen molar-refractivity contribution in [3.8, 4) is 0 Å². The highest BCUT2D eigenvalue weighted by molar-refractivity contribution is 6.01. The molecule has 0 aliphatic heterocycles. The Hall–Kier alpha value is -1.91. The molecule has 0 saturated heterocycles. The zero-order valence-electron chi connectivity index (χ0n) is 11.1. The minimum atomic E-state index is -0.540. The molecule has 0 saturated carbocycles. The molecule has 1 rings (SSSR count). The minimum absolute atomic E-state index is 0.122. The summed E-state index contributed by atoms with van der Waals surface area (Å²) in [5, 5.41) is 2.69. The van der Waals surface area contributed by atoms with Crippen LogP contribution in [0.3, 0.4) is 0 Å². The van der Waals surface area contributed by atoms with Crippen LogP contribution in [0.1, 0.15) is 38.2 Å². The number of carbonyl (C=O) groups is 2. The number of nitrogens with zero attached hydrogens (tertiary/aromatic N) is 1. The standard InChI is InChI=1S/C13H18N2O3/c1-5-18-11(16)10-9(7-6-8-14-10)15-12(17)13(2,3)4/h6-8H,5H2,1-4H3,(H,15,17). The lowest BCUT2D eigenvalue weighted by Crippen LogP contribution is -2.28. The maximum Gasteiger partial charge on any atom is 0.359 e. The van der Waals surface area contributed by atoms with Gasteiger partial charge in [-0.3, -0.25) is 4.79 Å². The number of nitrogens with one attached hydrogen (secondary N) is 1. The van der Waals surface area contributed by atoms with Crippen molar-refractivity contribution < 1.29 is 14.3 Å². The number of hydrogen-bond donors (Lipinski definition) is 1. The van der Waals surface area contributed by atoms with Crippen molar-refractivity contribution in [3.05, 3.63) is 24.0 Å². The maximum absolute atomic E-state index is 11.9. The summed E-state index contributed by atoms with van der Waals surface area (Å²) in [4.78, 5) is 27.5.